The second kappa shape index (κ2) is 7.03. The molecule has 2 aromatic rings. The zero-order valence-electron chi connectivity index (χ0n) is 14.9. The van der Waals surface area contributed by atoms with Crippen molar-refractivity contribution in [3.05, 3.63) is 52.5 Å². The van der Waals surface area contributed by atoms with Crippen LogP contribution in [0.5, 0.6) is 11.5 Å². The third-order valence-corrected chi connectivity index (χ3v) is 8.67. The highest BCUT2D eigenvalue weighted by Crippen LogP contribution is 2.41. The van der Waals surface area contributed by atoms with Crippen molar-refractivity contribution in [2.45, 2.75) is 11.3 Å². The largest absolute Gasteiger partial charge is 0.454 e. The van der Waals surface area contributed by atoms with E-state index in [0.717, 1.165) is 10.2 Å². The van der Waals surface area contributed by atoms with Crippen molar-refractivity contribution in [2.24, 2.45) is 4.99 Å². The Balaban J connectivity index is 1.51. The quantitative estimate of drug-likeness (QED) is 0.633. The van der Waals surface area contributed by atoms with E-state index in [2.05, 4.69) is 20.9 Å². The van der Waals surface area contributed by atoms with Crippen LogP contribution in [0.15, 0.2) is 51.9 Å². The number of fused-ring (bicyclic) bond motifs is 2. The number of carbonyl (C=O) groups is 1. The average Bonchev–Trinajstić information content (AvgIpc) is 3.32. The lowest BCUT2D eigenvalue weighted by Gasteiger charge is -2.24. The number of aliphatic imine (C=N–C) groups is 1. The van der Waals surface area contributed by atoms with Crippen LogP contribution in [-0.4, -0.2) is 49.1 Å². The van der Waals surface area contributed by atoms with Crippen LogP contribution in [0, 0.1) is 0 Å². The maximum atomic E-state index is 12.8. The summed E-state index contributed by atoms with van der Waals surface area (Å²) in [4.78, 5) is 19.1. The number of ether oxygens (including phenoxy) is 2. The number of sulfone groups is 1. The second-order valence-corrected chi connectivity index (χ2v) is 11.2. The van der Waals surface area contributed by atoms with Crippen LogP contribution >= 0.6 is 27.7 Å². The van der Waals surface area contributed by atoms with Crippen molar-refractivity contribution < 1.29 is 22.7 Å². The molecule has 2 fully saturated rings. The van der Waals surface area contributed by atoms with Crippen LogP contribution in [0.25, 0.3) is 0 Å². The molecule has 10 heteroatoms. The normalized spacial score (nSPS) is 25.4. The summed E-state index contributed by atoms with van der Waals surface area (Å²) in [5, 5.41) is 0.359. The van der Waals surface area contributed by atoms with Gasteiger partial charge in [0.1, 0.15) is 0 Å². The van der Waals surface area contributed by atoms with Gasteiger partial charge in [-0.05, 0) is 36.4 Å². The Morgan fingerprint density at radius 2 is 1.97 bits per heavy atom. The van der Waals surface area contributed by atoms with Gasteiger partial charge >= 0.3 is 0 Å². The second-order valence-electron chi connectivity index (χ2n) is 6.92. The molecule has 150 valence electrons. The van der Waals surface area contributed by atoms with E-state index in [1.165, 1.54) is 11.8 Å². The maximum absolute atomic E-state index is 12.8. The van der Waals surface area contributed by atoms with Gasteiger partial charge in [-0.1, -0.05) is 33.8 Å². The first-order valence-corrected chi connectivity index (χ1v) is 12.3. The molecule has 0 spiro atoms. The first kappa shape index (κ1) is 19.0. The number of amides is 1. The number of carbonyl (C=O) groups excluding carboxylic acids is 1. The van der Waals surface area contributed by atoms with Crippen molar-refractivity contribution in [1.29, 1.82) is 0 Å². The molecule has 0 unspecified atom stereocenters. The molecule has 0 bridgehead atoms. The van der Waals surface area contributed by atoms with Gasteiger partial charge in [-0.3, -0.25) is 4.79 Å². The van der Waals surface area contributed by atoms with E-state index >= 15 is 0 Å². The fourth-order valence-electron chi connectivity index (χ4n) is 3.67. The summed E-state index contributed by atoms with van der Waals surface area (Å²) in [6, 6.07) is 12.3. The van der Waals surface area contributed by atoms with E-state index in [0.29, 0.717) is 22.2 Å². The molecule has 0 radical (unpaired) electrons. The van der Waals surface area contributed by atoms with Gasteiger partial charge in [0.15, 0.2) is 26.5 Å². The smallest absolute Gasteiger partial charge is 0.279 e. The minimum Gasteiger partial charge on any atom is -0.454 e. The zero-order chi connectivity index (χ0) is 20.2. The standard InChI is InChI=1S/C19H15BrN2O5S2/c20-12-2-1-3-13(7-12)22-14-8-29(24,25)9-17(14)28-19(22)21-18(23)11-4-5-15-16(6-11)27-10-26-15/h1-7,14,17H,8-10H2/t14-,17+/m0/s1. The molecule has 2 saturated heterocycles. The van der Waals surface area contributed by atoms with E-state index < -0.39 is 15.7 Å². The maximum Gasteiger partial charge on any atom is 0.279 e. The summed E-state index contributed by atoms with van der Waals surface area (Å²) in [5.41, 5.74) is 1.19. The van der Waals surface area contributed by atoms with Gasteiger partial charge in [-0.15, -0.1) is 0 Å². The molecule has 0 aromatic heterocycles. The minimum atomic E-state index is -3.11. The van der Waals surface area contributed by atoms with Gasteiger partial charge in [0.25, 0.3) is 5.91 Å². The van der Waals surface area contributed by atoms with E-state index in [1.807, 2.05) is 29.2 Å². The molecule has 0 N–H and O–H groups in total. The lowest BCUT2D eigenvalue weighted by molar-refractivity contribution is 0.100. The number of benzene rings is 2. The fraction of sp³-hybridized carbons (Fsp3) is 0.263. The van der Waals surface area contributed by atoms with Crippen molar-refractivity contribution in [1.82, 2.24) is 0 Å². The van der Waals surface area contributed by atoms with Gasteiger partial charge in [0.2, 0.25) is 6.79 Å². The predicted molar refractivity (Wildman–Crippen MR) is 115 cm³/mol. The Hall–Kier alpha value is -2.04. The van der Waals surface area contributed by atoms with Crippen molar-refractivity contribution >= 4 is 54.3 Å². The van der Waals surface area contributed by atoms with Gasteiger partial charge in [-0.2, -0.15) is 4.99 Å². The van der Waals surface area contributed by atoms with Crippen LogP contribution in [0.1, 0.15) is 10.4 Å². The average molecular weight is 495 g/mol. The number of thioether (sulfide) groups is 1. The lowest BCUT2D eigenvalue weighted by atomic mass is 10.2. The number of anilines is 1. The van der Waals surface area contributed by atoms with Gasteiger partial charge in [0.05, 0.1) is 17.5 Å². The predicted octanol–water partition coefficient (Wildman–Crippen LogP) is 3.09. The Labute approximate surface area is 180 Å². The Morgan fingerprint density at radius 1 is 1.14 bits per heavy atom. The number of amidine groups is 1. The topological polar surface area (TPSA) is 85.3 Å². The molecule has 2 aromatic carbocycles. The molecule has 5 rings (SSSR count). The zero-order valence-corrected chi connectivity index (χ0v) is 18.2. The van der Waals surface area contributed by atoms with Gasteiger partial charge in [-0.25, -0.2) is 8.42 Å². The number of halogens is 1. The number of nitrogens with zero attached hydrogens (tertiary/aromatic N) is 2. The summed E-state index contributed by atoms with van der Waals surface area (Å²) in [7, 11) is -3.11. The fourth-order valence-corrected chi connectivity index (χ4v) is 7.97. The van der Waals surface area contributed by atoms with E-state index in [1.54, 1.807) is 18.2 Å². The lowest BCUT2D eigenvalue weighted by Crippen LogP contribution is -2.37. The van der Waals surface area contributed by atoms with E-state index in [4.69, 9.17) is 9.47 Å². The molecule has 3 aliphatic heterocycles. The van der Waals surface area contributed by atoms with Crippen molar-refractivity contribution in [3.8, 4) is 11.5 Å². The first-order chi connectivity index (χ1) is 13.9. The molecule has 29 heavy (non-hydrogen) atoms. The molecule has 0 saturated carbocycles. The first-order valence-electron chi connectivity index (χ1n) is 8.84. The third-order valence-electron chi connectivity index (χ3n) is 4.97. The summed E-state index contributed by atoms with van der Waals surface area (Å²) in [6.07, 6.45) is 0. The van der Waals surface area contributed by atoms with Gasteiger partial charge < -0.3 is 14.4 Å². The number of hydrogen-bond acceptors (Lipinski definition) is 6. The highest BCUT2D eigenvalue weighted by Gasteiger charge is 2.49. The molecular weight excluding hydrogens is 480 g/mol. The number of hydrogen-bond donors (Lipinski definition) is 0. The van der Waals surface area contributed by atoms with Crippen molar-refractivity contribution in [2.75, 3.05) is 23.2 Å². The summed E-state index contributed by atoms with van der Waals surface area (Å²) in [6.45, 7) is 0.131. The molecule has 3 heterocycles. The van der Waals surface area contributed by atoms with Gasteiger partial charge in [0, 0.05) is 21.0 Å². The van der Waals surface area contributed by atoms with Crippen LogP contribution in [0.2, 0.25) is 0 Å². The SMILES string of the molecule is O=C(N=C1S[C@@H]2CS(=O)(=O)C[C@@H]2N1c1cccc(Br)c1)c1ccc2c(c1)OCO2. The Bertz CT molecular complexity index is 1150. The van der Waals surface area contributed by atoms with E-state index in [9.17, 15) is 13.2 Å². The monoisotopic (exact) mass is 494 g/mol. The van der Waals surface area contributed by atoms with Crippen molar-refractivity contribution in [3.63, 3.8) is 0 Å². The van der Waals surface area contributed by atoms with Crippen LogP contribution in [0.4, 0.5) is 5.69 Å². The van der Waals surface area contributed by atoms with E-state index in [-0.39, 0.29) is 29.6 Å². The Morgan fingerprint density at radius 3 is 2.79 bits per heavy atom. The van der Waals surface area contributed by atoms with Crippen LogP contribution in [0.3, 0.4) is 0 Å². The summed E-state index contributed by atoms with van der Waals surface area (Å²) >= 11 is 4.80. The molecule has 2 atom stereocenters. The molecule has 0 aliphatic carbocycles. The summed E-state index contributed by atoms with van der Waals surface area (Å²) < 4.78 is 35.8. The molecular formula is C19H15BrN2O5S2. The highest BCUT2D eigenvalue weighted by molar-refractivity contribution is 9.10. The van der Waals surface area contributed by atoms with Crippen LogP contribution in [-0.2, 0) is 9.84 Å². The number of rotatable bonds is 2. The molecule has 3 aliphatic rings. The van der Waals surface area contributed by atoms with Crippen LogP contribution < -0.4 is 14.4 Å². The molecule has 7 nitrogen and oxygen atoms in total. The third kappa shape index (κ3) is 3.53. The summed E-state index contributed by atoms with van der Waals surface area (Å²) in [5.74, 6) is 0.842. The highest BCUT2D eigenvalue weighted by atomic mass is 79.9. The minimum absolute atomic E-state index is 0.0500. The molecule has 1 amide bonds. The Kier molecular flexibility index (Phi) is 4.60.